The van der Waals surface area contributed by atoms with Crippen molar-refractivity contribution in [2.24, 2.45) is 0 Å². The average Bonchev–Trinajstić information content (AvgIpc) is 3.03. The van der Waals surface area contributed by atoms with Gasteiger partial charge in [0.15, 0.2) is 0 Å². The predicted octanol–water partition coefficient (Wildman–Crippen LogP) is 7.52. The topological polar surface area (TPSA) is 61.6 Å². The molecule has 4 rings (SSSR count). The van der Waals surface area contributed by atoms with Crippen LogP contribution in [0.3, 0.4) is 0 Å². The van der Waals surface area contributed by atoms with Crippen molar-refractivity contribution in [1.82, 2.24) is 0 Å². The summed E-state index contributed by atoms with van der Waals surface area (Å²) >= 11 is 0. The van der Waals surface area contributed by atoms with E-state index in [0.29, 0.717) is 23.3 Å². The molecule has 0 aromatic heterocycles. The van der Waals surface area contributed by atoms with Gasteiger partial charge in [-0.05, 0) is 57.4 Å². The predicted molar refractivity (Wildman–Crippen MR) is 182 cm³/mol. The Balaban J connectivity index is 1.68. The molecule has 0 aliphatic heterocycles. The molecule has 0 fully saturated rings. The largest absolute Gasteiger partial charge is 0.497 e. The maximum Gasteiger partial charge on any atom is 0.261 e. The van der Waals surface area contributed by atoms with Gasteiger partial charge in [-0.25, -0.2) is 0 Å². The Labute approximate surface area is 262 Å². The van der Waals surface area contributed by atoms with Gasteiger partial charge in [-0.15, -0.1) is 0 Å². The summed E-state index contributed by atoms with van der Waals surface area (Å²) in [6, 6.07) is 37.5. The fraction of sp³-hybridized carbons (Fsp3) is 0.263. The van der Waals surface area contributed by atoms with Crippen LogP contribution in [0.4, 0.5) is 0 Å². The standard InChI is InChI=1S/C38H41NO4Si/c1-31(30-43-44(37(2,3)4,35-20-11-7-12-21-35)36-22-13-8-14-23-36)29-38(39(40)41,33-24-26-34(42-5)27-25-33)28-16-15-19-32-17-9-6-10-18-32/h6-14,17-18,20-27H,1,16,28-30H2,2-5H3/t38-/m0/s1. The van der Waals surface area contributed by atoms with Gasteiger partial charge in [0.2, 0.25) is 0 Å². The third-order valence-corrected chi connectivity index (χ3v) is 13.1. The Bertz CT molecular complexity index is 1550. The molecule has 0 N–H and O–H groups in total. The number of rotatable bonds is 12. The minimum absolute atomic E-state index is 0.123. The molecule has 0 saturated heterocycles. The molecule has 4 aromatic rings. The van der Waals surface area contributed by atoms with E-state index in [1.807, 2.05) is 66.7 Å². The van der Waals surface area contributed by atoms with Crippen molar-refractivity contribution in [2.75, 3.05) is 13.7 Å². The van der Waals surface area contributed by atoms with Crippen LogP contribution in [0.1, 0.15) is 51.2 Å². The van der Waals surface area contributed by atoms with E-state index in [-0.39, 0.29) is 29.4 Å². The summed E-state index contributed by atoms with van der Waals surface area (Å²) in [4.78, 5) is 12.9. The van der Waals surface area contributed by atoms with Crippen molar-refractivity contribution in [3.05, 3.63) is 149 Å². The molecule has 44 heavy (non-hydrogen) atoms. The van der Waals surface area contributed by atoms with Crippen LogP contribution in [0, 0.1) is 22.0 Å². The second-order valence-corrected chi connectivity index (χ2v) is 16.4. The highest BCUT2D eigenvalue weighted by Gasteiger charge is 2.51. The highest BCUT2D eigenvalue weighted by Crippen LogP contribution is 2.40. The molecular formula is C38H41NO4Si. The first kappa shape index (κ1) is 32.5. The van der Waals surface area contributed by atoms with Crippen molar-refractivity contribution >= 4 is 18.7 Å². The first-order valence-electron chi connectivity index (χ1n) is 14.9. The Morgan fingerprint density at radius 3 is 1.84 bits per heavy atom. The van der Waals surface area contributed by atoms with Crippen LogP contribution >= 0.6 is 0 Å². The molecule has 0 bridgehead atoms. The van der Waals surface area contributed by atoms with Crippen molar-refractivity contribution in [1.29, 1.82) is 0 Å². The summed E-state index contributed by atoms with van der Waals surface area (Å²) in [6.07, 6.45) is 0.701. The zero-order chi connectivity index (χ0) is 31.6. The number of ether oxygens (including phenoxy) is 1. The summed E-state index contributed by atoms with van der Waals surface area (Å²) in [5.41, 5.74) is 0.716. The van der Waals surface area contributed by atoms with Crippen LogP contribution in [0.25, 0.3) is 0 Å². The average molecular weight is 604 g/mol. The van der Waals surface area contributed by atoms with Gasteiger partial charge in [-0.3, -0.25) is 10.1 Å². The number of nitrogens with zero attached hydrogens (tertiary/aromatic N) is 1. The van der Waals surface area contributed by atoms with Crippen LogP contribution in [0.5, 0.6) is 5.75 Å². The minimum atomic E-state index is -2.84. The van der Waals surface area contributed by atoms with E-state index in [4.69, 9.17) is 9.16 Å². The van der Waals surface area contributed by atoms with E-state index in [1.165, 1.54) is 0 Å². The second kappa shape index (κ2) is 14.4. The lowest BCUT2D eigenvalue weighted by Crippen LogP contribution is -2.66. The molecule has 6 heteroatoms. The lowest BCUT2D eigenvalue weighted by atomic mass is 9.81. The van der Waals surface area contributed by atoms with Crippen molar-refractivity contribution in [3.8, 4) is 17.6 Å². The molecule has 0 amide bonds. The van der Waals surface area contributed by atoms with Crippen LogP contribution in [0.2, 0.25) is 5.04 Å². The van der Waals surface area contributed by atoms with Gasteiger partial charge in [0.1, 0.15) is 5.75 Å². The molecule has 0 saturated carbocycles. The normalized spacial score (nSPS) is 12.8. The molecule has 0 aliphatic rings. The molecule has 0 heterocycles. The number of hydrogen-bond donors (Lipinski definition) is 0. The Morgan fingerprint density at radius 2 is 1.36 bits per heavy atom. The fourth-order valence-corrected chi connectivity index (χ4v) is 10.5. The summed E-state index contributed by atoms with van der Waals surface area (Å²) in [6.45, 7) is 11.2. The van der Waals surface area contributed by atoms with Gasteiger partial charge >= 0.3 is 0 Å². The van der Waals surface area contributed by atoms with Gasteiger partial charge in [-0.2, -0.15) is 0 Å². The molecule has 0 unspecified atom stereocenters. The monoisotopic (exact) mass is 603 g/mol. The molecular weight excluding hydrogens is 563 g/mol. The van der Waals surface area contributed by atoms with Gasteiger partial charge in [-0.1, -0.05) is 118 Å². The third kappa shape index (κ3) is 7.19. The molecule has 0 aliphatic carbocycles. The Hall–Kier alpha value is -4.44. The van der Waals surface area contributed by atoms with E-state index in [1.54, 1.807) is 31.4 Å². The second-order valence-electron chi connectivity index (χ2n) is 12.1. The molecule has 0 spiro atoms. The van der Waals surface area contributed by atoms with E-state index < -0.39 is 13.9 Å². The first-order valence-corrected chi connectivity index (χ1v) is 16.8. The van der Waals surface area contributed by atoms with Gasteiger partial charge < -0.3 is 9.16 Å². The molecule has 226 valence electrons. The molecule has 1 atom stereocenters. The SMILES string of the molecule is C=C(CO[Si](c1ccccc1)(c1ccccc1)C(C)(C)C)C[C@@](CCC#Cc1ccccc1)(c1ccc(OC)cc1)[N+](=O)[O-]. The highest BCUT2D eigenvalue weighted by molar-refractivity contribution is 6.99. The van der Waals surface area contributed by atoms with Crippen molar-refractivity contribution < 1.29 is 14.1 Å². The quantitative estimate of drug-likeness (QED) is 0.0553. The summed E-state index contributed by atoms with van der Waals surface area (Å²) < 4.78 is 12.4. The zero-order valence-corrected chi connectivity index (χ0v) is 27.1. The summed E-state index contributed by atoms with van der Waals surface area (Å²) in [7, 11) is -1.26. The van der Waals surface area contributed by atoms with E-state index in [0.717, 1.165) is 15.9 Å². The lowest BCUT2D eigenvalue weighted by Gasteiger charge is -2.43. The smallest absolute Gasteiger partial charge is 0.261 e. The number of hydrogen-bond acceptors (Lipinski definition) is 4. The zero-order valence-electron chi connectivity index (χ0n) is 26.1. The number of nitro groups is 1. The fourth-order valence-electron chi connectivity index (χ4n) is 5.89. The molecule has 5 nitrogen and oxygen atoms in total. The van der Waals surface area contributed by atoms with Crippen LogP contribution < -0.4 is 15.1 Å². The third-order valence-electron chi connectivity index (χ3n) is 8.10. The molecule has 0 radical (unpaired) electrons. The highest BCUT2D eigenvalue weighted by atomic mass is 28.4. The maximum absolute atomic E-state index is 13.0. The van der Waals surface area contributed by atoms with Crippen LogP contribution in [-0.4, -0.2) is 27.0 Å². The van der Waals surface area contributed by atoms with E-state index in [9.17, 15) is 10.1 Å². The lowest BCUT2D eigenvalue weighted by molar-refractivity contribution is -0.580. The van der Waals surface area contributed by atoms with Gasteiger partial charge in [0.05, 0.1) is 13.7 Å². The van der Waals surface area contributed by atoms with Gasteiger partial charge in [0.25, 0.3) is 13.9 Å². The van der Waals surface area contributed by atoms with E-state index in [2.05, 4.69) is 63.5 Å². The van der Waals surface area contributed by atoms with Crippen LogP contribution in [0.15, 0.2) is 127 Å². The first-order chi connectivity index (χ1) is 21.1. The molecule has 4 aromatic carbocycles. The Kier molecular flexibility index (Phi) is 10.6. The number of benzene rings is 4. The maximum atomic E-state index is 13.0. The number of methoxy groups -OCH3 is 1. The summed E-state index contributed by atoms with van der Waals surface area (Å²) in [5, 5.41) is 15.1. The van der Waals surface area contributed by atoms with E-state index >= 15 is 0 Å². The van der Waals surface area contributed by atoms with Crippen molar-refractivity contribution in [2.45, 2.75) is 50.6 Å². The van der Waals surface area contributed by atoms with Gasteiger partial charge in [0, 0.05) is 35.3 Å². The van der Waals surface area contributed by atoms with Crippen LogP contribution in [-0.2, 0) is 9.96 Å². The Morgan fingerprint density at radius 1 is 0.841 bits per heavy atom. The minimum Gasteiger partial charge on any atom is -0.497 e. The van der Waals surface area contributed by atoms with Crippen molar-refractivity contribution in [3.63, 3.8) is 0 Å². The summed E-state index contributed by atoms with van der Waals surface area (Å²) in [5.74, 6) is 6.95.